The number of pyridine rings is 2. The summed E-state index contributed by atoms with van der Waals surface area (Å²) < 4.78 is 0. The zero-order valence-corrected chi connectivity index (χ0v) is 26.4. The molecule has 0 aliphatic heterocycles. The van der Waals surface area contributed by atoms with Crippen LogP contribution in [0.2, 0.25) is 0 Å². The molecular formula is C38H38IrN2-2. The quantitative estimate of drug-likeness (QED) is 0.164. The average Bonchev–Trinajstić information content (AvgIpc) is 3.04. The maximum atomic E-state index is 4.57. The Morgan fingerprint density at radius 2 is 1.37 bits per heavy atom. The molecule has 6 rings (SSSR count). The molecule has 41 heavy (non-hydrogen) atoms. The Morgan fingerprint density at radius 3 is 2.00 bits per heavy atom. The van der Waals surface area contributed by atoms with Crippen LogP contribution in [0.5, 0.6) is 0 Å². The van der Waals surface area contributed by atoms with E-state index in [0.29, 0.717) is 5.92 Å². The van der Waals surface area contributed by atoms with Crippen LogP contribution >= 0.6 is 0 Å². The minimum atomic E-state index is 0. The van der Waals surface area contributed by atoms with Crippen molar-refractivity contribution in [2.75, 3.05) is 0 Å². The number of nitrogens with zero attached hydrogens (tertiary/aromatic N) is 2. The third-order valence-corrected chi connectivity index (χ3v) is 8.00. The summed E-state index contributed by atoms with van der Waals surface area (Å²) in [7, 11) is 0. The van der Waals surface area contributed by atoms with E-state index in [1.165, 1.54) is 60.8 Å². The van der Waals surface area contributed by atoms with Gasteiger partial charge in [0.2, 0.25) is 0 Å². The van der Waals surface area contributed by atoms with Gasteiger partial charge in [-0.15, -0.1) is 71.8 Å². The van der Waals surface area contributed by atoms with Crippen molar-refractivity contribution in [1.82, 2.24) is 9.97 Å². The number of aryl methyl sites for hydroxylation is 1. The van der Waals surface area contributed by atoms with E-state index in [2.05, 4.69) is 84.5 Å². The van der Waals surface area contributed by atoms with Gasteiger partial charge in [0.25, 0.3) is 0 Å². The fourth-order valence-corrected chi connectivity index (χ4v) is 5.54. The molecule has 1 fully saturated rings. The Kier molecular flexibility index (Phi) is 11.6. The van der Waals surface area contributed by atoms with Crippen molar-refractivity contribution in [3.63, 3.8) is 0 Å². The van der Waals surface area contributed by atoms with Crippen LogP contribution < -0.4 is 0 Å². The summed E-state index contributed by atoms with van der Waals surface area (Å²) in [5.41, 5.74) is 9.56. The van der Waals surface area contributed by atoms with Gasteiger partial charge in [-0.25, -0.2) is 0 Å². The first kappa shape index (κ1) is 30.6. The van der Waals surface area contributed by atoms with Crippen molar-refractivity contribution in [3.8, 4) is 22.5 Å². The zero-order valence-electron chi connectivity index (χ0n) is 24.0. The summed E-state index contributed by atoms with van der Waals surface area (Å²) in [6.45, 7) is 4.41. The number of aromatic nitrogens is 2. The summed E-state index contributed by atoms with van der Waals surface area (Å²) in [6.07, 6.45) is 12.2. The SMILES string of the molecule is CC(c1ccccc1)c1ccnc(-c2[c-]cccc2)c1.Cc1cnc(-c2[c-]cccc2)cc1CC1CCCCC1.[Ir]. The maximum absolute atomic E-state index is 4.57. The Hall–Kier alpha value is -3.39. The van der Waals surface area contributed by atoms with Crippen LogP contribution in [0, 0.1) is 25.0 Å². The Morgan fingerprint density at radius 1 is 0.732 bits per heavy atom. The number of benzene rings is 3. The molecule has 1 aliphatic rings. The summed E-state index contributed by atoms with van der Waals surface area (Å²) in [4.78, 5) is 9.03. The van der Waals surface area contributed by atoms with Gasteiger partial charge in [0, 0.05) is 38.4 Å². The first-order valence-corrected chi connectivity index (χ1v) is 14.6. The molecule has 3 aromatic carbocycles. The molecule has 3 heteroatoms. The molecule has 2 heterocycles. The normalized spacial score (nSPS) is 13.8. The summed E-state index contributed by atoms with van der Waals surface area (Å²) >= 11 is 0. The van der Waals surface area contributed by atoms with Crippen LogP contribution in [0.4, 0.5) is 0 Å². The summed E-state index contributed by atoms with van der Waals surface area (Å²) in [5.74, 6) is 1.24. The third-order valence-electron chi connectivity index (χ3n) is 8.00. The van der Waals surface area contributed by atoms with Gasteiger partial charge in [0.15, 0.2) is 0 Å². The Bertz CT molecular complexity index is 1460. The molecule has 1 saturated carbocycles. The molecule has 2 nitrogen and oxygen atoms in total. The second kappa shape index (κ2) is 15.6. The van der Waals surface area contributed by atoms with Crippen LogP contribution in [-0.4, -0.2) is 9.97 Å². The molecule has 2 aromatic heterocycles. The van der Waals surface area contributed by atoms with Crippen LogP contribution in [0.25, 0.3) is 22.5 Å². The van der Waals surface area contributed by atoms with Crippen LogP contribution in [-0.2, 0) is 26.5 Å². The van der Waals surface area contributed by atoms with Gasteiger partial charge in [0.1, 0.15) is 0 Å². The smallest absolute Gasteiger partial charge is 0.0192 e. The molecule has 0 bridgehead atoms. The van der Waals surface area contributed by atoms with Gasteiger partial charge in [-0.1, -0.05) is 87.1 Å². The summed E-state index contributed by atoms with van der Waals surface area (Å²) in [5, 5.41) is 0. The van der Waals surface area contributed by atoms with Gasteiger partial charge < -0.3 is 9.97 Å². The zero-order chi connectivity index (χ0) is 27.6. The molecule has 1 unspecified atom stereocenters. The number of hydrogen-bond donors (Lipinski definition) is 0. The minimum absolute atomic E-state index is 0. The molecule has 0 amide bonds. The van der Waals surface area contributed by atoms with E-state index in [4.69, 9.17) is 0 Å². The first-order chi connectivity index (χ1) is 19.7. The van der Waals surface area contributed by atoms with E-state index in [1.807, 2.05) is 60.9 Å². The van der Waals surface area contributed by atoms with E-state index in [1.54, 1.807) is 0 Å². The fraction of sp³-hybridized carbons (Fsp3) is 0.263. The number of rotatable bonds is 6. The van der Waals surface area contributed by atoms with E-state index in [-0.39, 0.29) is 20.1 Å². The van der Waals surface area contributed by atoms with Crippen molar-refractivity contribution in [1.29, 1.82) is 0 Å². The standard InChI is InChI=1S/C19H22N.C19H16N.Ir/c1-15-14-20-19(17-10-6-3-7-11-17)13-18(15)12-16-8-4-2-5-9-16;1-15(16-8-4-2-5-9-16)18-12-13-20-19(14-18)17-10-6-3-7-11-17;/h3,6-7,10,13-14,16H,2,4-5,8-9,12H2,1H3;2-10,12-15H,1H3;/q2*-1;. The topological polar surface area (TPSA) is 25.8 Å². The fourth-order valence-electron chi connectivity index (χ4n) is 5.54. The van der Waals surface area contributed by atoms with Crippen LogP contribution in [0.15, 0.2) is 109 Å². The number of hydrogen-bond acceptors (Lipinski definition) is 2. The Balaban J connectivity index is 0.000000184. The molecule has 211 valence electrons. The molecule has 1 atom stereocenters. The predicted molar refractivity (Wildman–Crippen MR) is 166 cm³/mol. The van der Waals surface area contributed by atoms with Gasteiger partial charge >= 0.3 is 0 Å². The second-order valence-electron chi connectivity index (χ2n) is 10.9. The van der Waals surface area contributed by atoms with E-state index < -0.39 is 0 Å². The van der Waals surface area contributed by atoms with Crippen LogP contribution in [0.1, 0.15) is 67.2 Å². The maximum Gasteiger partial charge on any atom is 0.0192 e. The molecule has 1 radical (unpaired) electrons. The van der Waals surface area contributed by atoms with Crippen molar-refractivity contribution >= 4 is 0 Å². The second-order valence-corrected chi connectivity index (χ2v) is 10.9. The molecule has 1 aliphatic carbocycles. The van der Waals surface area contributed by atoms with Crippen molar-refractivity contribution in [2.45, 2.75) is 58.3 Å². The van der Waals surface area contributed by atoms with Gasteiger partial charge in [0.05, 0.1) is 0 Å². The molecule has 0 N–H and O–H groups in total. The van der Waals surface area contributed by atoms with Crippen LogP contribution in [0.3, 0.4) is 0 Å². The molecule has 0 saturated heterocycles. The van der Waals surface area contributed by atoms with E-state index in [9.17, 15) is 0 Å². The van der Waals surface area contributed by atoms with E-state index >= 15 is 0 Å². The summed E-state index contributed by atoms with van der Waals surface area (Å²) in [6, 6.07) is 39.6. The van der Waals surface area contributed by atoms with Crippen molar-refractivity contribution in [3.05, 3.63) is 144 Å². The van der Waals surface area contributed by atoms with Gasteiger partial charge in [-0.3, -0.25) is 0 Å². The molecule has 0 spiro atoms. The van der Waals surface area contributed by atoms with Crippen molar-refractivity contribution in [2.24, 2.45) is 5.92 Å². The van der Waals surface area contributed by atoms with Gasteiger partial charge in [-0.2, -0.15) is 0 Å². The predicted octanol–water partition coefficient (Wildman–Crippen LogP) is 9.68. The first-order valence-electron chi connectivity index (χ1n) is 14.6. The molecular weight excluding hydrogens is 677 g/mol. The Labute approximate surface area is 259 Å². The third kappa shape index (κ3) is 8.55. The van der Waals surface area contributed by atoms with E-state index in [0.717, 1.165) is 28.4 Å². The monoisotopic (exact) mass is 715 g/mol. The molecule has 5 aromatic rings. The van der Waals surface area contributed by atoms with Gasteiger partial charge in [-0.05, 0) is 53.4 Å². The largest absolute Gasteiger partial charge is 0.305 e. The minimum Gasteiger partial charge on any atom is -0.305 e. The average molecular weight is 715 g/mol. The van der Waals surface area contributed by atoms with Crippen molar-refractivity contribution < 1.29 is 20.1 Å².